The van der Waals surface area contributed by atoms with Gasteiger partial charge < -0.3 is 5.32 Å². The Morgan fingerprint density at radius 2 is 2.00 bits per heavy atom. The van der Waals surface area contributed by atoms with E-state index >= 15 is 0 Å². The second-order valence-electron chi connectivity index (χ2n) is 4.29. The number of halogens is 1. The van der Waals surface area contributed by atoms with Crippen molar-refractivity contribution in [3.8, 4) is 0 Å². The number of nitrogens with one attached hydrogen (secondary N) is 2. The first-order valence-corrected chi connectivity index (χ1v) is 7.74. The lowest BCUT2D eigenvalue weighted by Gasteiger charge is -2.11. The van der Waals surface area contributed by atoms with Crippen molar-refractivity contribution in [1.82, 2.24) is 10.0 Å². The first kappa shape index (κ1) is 15.4. The number of benzene rings is 1. The van der Waals surface area contributed by atoms with Crippen LogP contribution in [0.25, 0.3) is 0 Å². The zero-order chi connectivity index (χ0) is 13.8. The Morgan fingerprint density at radius 3 is 2.50 bits per heavy atom. The molecule has 0 aromatic heterocycles. The van der Waals surface area contributed by atoms with Crippen LogP contribution >= 0.6 is 11.6 Å². The highest BCUT2D eigenvalue weighted by Gasteiger charge is 2.14. The quantitative estimate of drug-likeness (QED) is 0.844. The standard InChI is InChI=1S/C12H19ClN2O2S/c1-4-15-18(16,17)11-6-5-10(12(13)7-11)8-14-9(2)3/h5-7,9,14-15H,4,8H2,1-3H3. The van der Waals surface area contributed by atoms with Gasteiger partial charge in [0.15, 0.2) is 0 Å². The van der Waals surface area contributed by atoms with Crippen LogP contribution in [0.1, 0.15) is 26.3 Å². The van der Waals surface area contributed by atoms with E-state index in [2.05, 4.69) is 10.0 Å². The van der Waals surface area contributed by atoms with Crippen molar-refractivity contribution >= 4 is 21.6 Å². The van der Waals surface area contributed by atoms with E-state index in [1.165, 1.54) is 6.07 Å². The fourth-order valence-corrected chi connectivity index (χ4v) is 2.80. The summed E-state index contributed by atoms with van der Waals surface area (Å²) in [7, 11) is -3.44. The van der Waals surface area contributed by atoms with Gasteiger partial charge in [-0.25, -0.2) is 13.1 Å². The fourth-order valence-electron chi connectivity index (χ4n) is 1.43. The summed E-state index contributed by atoms with van der Waals surface area (Å²) < 4.78 is 26.0. The third-order valence-electron chi connectivity index (χ3n) is 2.37. The van der Waals surface area contributed by atoms with Crippen molar-refractivity contribution in [2.45, 2.75) is 38.3 Å². The molecule has 0 aliphatic carbocycles. The van der Waals surface area contributed by atoms with Crippen molar-refractivity contribution in [3.63, 3.8) is 0 Å². The Balaban J connectivity index is 2.92. The van der Waals surface area contributed by atoms with Crippen LogP contribution in [0.5, 0.6) is 0 Å². The molecule has 4 nitrogen and oxygen atoms in total. The van der Waals surface area contributed by atoms with Gasteiger partial charge in [0.05, 0.1) is 4.90 Å². The lowest BCUT2D eigenvalue weighted by molar-refractivity contribution is 0.582. The van der Waals surface area contributed by atoms with Gasteiger partial charge in [-0.15, -0.1) is 0 Å². The van der Waals surface area contributed by atoms with Gasteiger partial charge in [0.1, 0.15) is 0 Å². The first-order valence-electron chi connectivity index (χ1n) is 5.88. The second kappa shape index (κ2) is 6.52. The highest BCUT2D eigenvalue weighted by atomic mass is 35.5. The smallest absolute Gasteiger partial charge is 0.240 e. The van der Waals surface area contributed by atoms with E-state index < -0.39 is 10.0 Å². The molecule has 0 aliphatic heterocycles. The molecule has 1 aromatic rings. The molecular formula is C12H19ClN2O2S. The minimum atomic E-state index is -3.44. The average molecular weight is 291 g/mol. The summed E-state index contributed by atoms with van der Waals surface area (Å²) in [6.45, 7) is 6.80. The fraction of sp³-hybridized carbons (Fsp3) is 0.500. The van der Waals surface area contributed by atoms with Crippen LogP contribution in [0.4, 0.5) is 0 Å². The molecule has 0 atom stereocenters. The number of hydrogen-bond donors (Lipinski definition) is 2. The van der Waals surface area contributed by atoms with E-state index in [0.29, 0.717) is 24.2 Å². The lowest BCUT2D eigenvalue weighted by atomic mass is 10.2. The average Bonchev–Trinajstić information content (AvgIpc) is 2.27. The van der Waals surface area contributed by atoms with E-state index in [1.807, 2.05) is 13.8 Å². The molecule has 0 fully saturated rings. The van der Waals surface area contributed by atoms with Crippen LogP contribution in [0.3, 0.4) is 0 Å². The van der Waals surface area contributed by atoms with E-state index in [9.17, 15) is 8.42 Å². The topological polar surface area (TPSA) is 58.2 Å². The third-order valence-corrected chi connectivity index (χ3v) is 4.27. The minimum Gasteiger partial charge on any atom is -0.310 e. The zero-order valence-electron chi connectivity index (χ0n) is 10.8. The molecule has 0 unspecified atom stereocenters. The molecule has 102 valence electrons. The van der Waals surface area contributed by atoms with Gasteiger partial charge in [-0.2, -0.15) is 0 Å². The van der Waals surface area contributed by atoms with Crippen LogP contribution in [0.2, 0.25) is 5.02 Å². The maximum Gasteiger partial charge on any atom is 0.240 e. The Labute approximate surface area is 114 Å². The van der Waals surface area contributed by atoms with E-state index in [-0.39, 0.29) is 4.90 Å². The molecule has 1 aromatic carbocycles. The highest BCUT2D eigenvalue weighted by Crippen LogP contribution is 2.20. The minimum absolute atomic E-state index is 0.197. The summed E-state index contributed by atoms with van der Waals surface area (Å²) >= 11 is 6.09. The Kier molecular flexibility index (Phi) is 5.59. The van der Waals surface area contributed by atoms with Crippen LogP contribution in [-0.4, -0.2) is 21.0 Å². The molecule has 0 aliphatic rings. The summed E-state index contributed by atoms with van der Waals surface area (Å²) in [5.41, 5.74) is 0.890. The Hall–Kier alpha value is -0.620. The molecular weight excluding hydrogens is 272 g/mol. The number of rotatable bonds is 6. The largest absolute Gasteiger partial charge is 0.310 e. The van der Waals surface area contributed by atoms with Crippen LogP contribution in [0, 0.1) is 0 Å². The summed E-state index contributed by atoms with van der Waals surface area (Å²) in [5, 5.41) is 3.70. The summed E-state index contributed by atoms with van der Waals surface area (Å²) in [4.78, 5) is 0.197. The van der Waals surface area contributed by atoms with Crippen molar-refractivity contribution < 1.29 is 8.42 Å². The summed E-state index contributed by atoms with van der Waals surface area (Å²) in [6.07, 6.45) is 0. The van der Waals surface area contributed by atoms with Crippen molar-refractivity contribution in [2.24, 2.45) is 0 Å². The molecule has 0 heterocycles. The van der Waals surface area contributed by atoms with E-state index in [4.69, 9.17) is 11.6 Å². The normalized spacial score (nSPS) is 12.1. The molecule has 6 heteroatoms. The predicted octanol–water partition coefficient (Wildman–Crippen LogP) is 2.14. The SMILES string of the molecule is CCNS(=O)(=O)c1ccc(CNC(C)C)c(Cl)c1. The molecule has 0 saturated carbocycles. The zero-order valence-corrected chi connectivity index (χ0v) is 12.4. The maximum atomic E-state index is 11.8. The number of sulfonamides is 1. The van der Waals surface area contributed by atoms with Gasteiger partial charge in [0, 0.05) is 24.2 Å². The van der Waals surface area contributed by atoms with Crippen molar-refractivity contribution in [2.75, 3.05) is 6.54 Å². The molecule has 1 rings (SSSR count). The molecule has 0 amide bonds. The van der Waals surface area contributed by atoms with Crippen molar-refractivity contribution in [3.05, 3.63) is 28.8 Å². The maximum absolute atomic E-state index is 11.8. The lowest BCUT2D eigenvalue weighted by Crippen LogP contribution is -2.24. The van der Waals surface area contributed by atoms with Crippen LogP contribution in [0.15, 0.2) is 23.1 Å². The molecule has 2 N–H and O–H groups in total. The number of hydrogen-bond acceptors (Lipinski definition) is 3. The molecule has 0 bridgehead atoms. The van der Waals surface area contributed by atoms with Gasteiger partial charge in [0.25, 0.3) is 0 Å². The molecule has 18 heavy (non-hydrogen) atoms. The molecule has 0 spiro atoms. The Bertz CT molecular complexity index is 501. The monoisotopic (exact) mass is 290 g/mol. The predicted molar refractivity (Wildman–Crippen MR) is 74.3 cm³/mol. The molecule has 0 radical (unpaired) electrons. The van der Waals surface area contributed by atoms with Crippen LogP contribution in [-0.2, 0) is 16.6 Å². The van der Waals surface area contributed by atoms with Gasteiger partial charge in [-0.05, 0) is 17.7 Å². The Morgan fingerprint density at radius 1 is 1.33 bits per heavy atom. The second-order valence-corrected chi connectivity index (χ2v) is 6.46. The summed E-state index contributed by atoms with van der Waals surface area (Å²) in [5.74, 6) is 0. The first-order chi connectivity index (χ1) is 8.36. The van der Waals surface area contributed by atoms with Crippen molar-refractivity contribution in [1.29, 1.82) is 0 Å². The van der Waals surface area contributed by atoms with Gasteiger partial charge in [-0.1, -0.05) is 38.4 Å². The third kappa shape index (κ3) is 4.24. The van der Waals surface area contributed by atoms with E-state index in [0.717, 1.165) is 5.56 Å². The van der Waals surface area contributed by atoms with E-state index in [1.54, 1.807) is 19.1 Å². The molecule has 0 saturated heterocycles. The van der Waals surface area contributed by atoms with Gasteiger partial charge in [0.2, 0.25) is 10.0 Å². The summed E-state index contributed by atoms with van der Waals surface area (Å²) in [6, 6.07) is 5.14. The highest BCUT2D eigenvalue weighted by molar-refractivity contribution is 7.89. The van der Waals surface area contributed by atoms with Gasteiger partial charge >= 0.3 is 0 Å². The van der Waals surface area contributed by atoms with Gasteiger partial charge in [-0.3, -0.25) is 0 Å². The van der Waals surface area contributed by atoms with Crippen LogP contribution < -0.4 is 10.0 Å².